The summed E-state index contributed by atoms with van der Waals surface area (Å²) in [6.07, 6.45) is 4.93. The van der Waals surface area contributed by atoms with E-state index in [2.05, 4.69) is 23.7 Å². The van der Waals surface area contributed by atoms with Gasteiger partial charge in [0.25, 0.3) is 0 Å². The van der Waals surface area contributed by atoms with Crippen molar-refractivity contribution >= 4 is 0 Å². The highest BCUT2D eigenvalue weighted by Gasteiger charge is 2.22. The number of ether oxygens (including phenoxy) is 1. The van der Waals surface area contributed by atoms with Gasteiger partial charge in [-0.3, -0.25) is 4.98 Å². The molecule has 0 spiro atoms. The third-order valence-corrected chi connectivity index (χ3v) is 3.19. The molecular formula is C13H19FN2O. The molecule has 1 saturated heterocycles. The average molecular weight is 238 g/mol. The zero-order valence-electron chi connectivity index (χ0n) is 10.4. The van der Waals surface area contributed by atoms with E-state index in [1.54, 1.807) is 6.20 Å². The highest BCUT2D eigenvalue weighted by molar-refractivity contribution is 5.17. The third kappa shape index (κ3) is 3.40. The largest absolute Gasteiger partial charge is 0.489 e. The molecule has 0 saturated carbocycles. The number of aromatic nitrogens is 1. The van der Waals surface area contributed by atoms with Crippen molar-refractivity contribution in [3.8, 4) is 5.75 Å². The molecule has 94 valence electrons. The molecule has 2 heterocycles. The van der Waals surface area contributed by atoms with Gasteiger partial charge >= 0.3 is 0 Å². The molecule has 17 heavy (non-hydrogen) atoms. The Hall–Kier alpha value is -1.16. The molecule has 3 nitrogen and oxygen atoms in total. The number of piperidine rings is 1. The van der Waals surface area contributed by atoms with Crippen LogP contribution in [0.15, 0.2) is 18.5 Å². The van der Waals surface area contributed by atoms with Crippen molar-refractivity contribution in [2.24, 2.45) is 0 Å². The van der Waals surface area contributed by atoms with Crippen LogP contribution in [-0.2, 0) is 0 Å². The topological polar surface area (TPSA) is 25.4 Å². The second-order valence-corrected chi connectivity index (χ2v) is 4.79. The van der Waals surface area contributed by atoms with E-state index in [-0.39, 0.29) is 11.9 Å². The fraction of sp³-hybridized carbons (Fsp3) is 0.615. The molecule has 1 aliphatic heterocycles. The van der Waals surface area contributed by atoms with Gasteiger partial charge < -0.3 is 9.64 Å². The summed E-state index contributed by atoms with van der Waals surface area (Å²) in [6.45, 7) is 6.51. The maximum absolute atomic E-state index is 12.9. The van der Waals surface area contributed by atoms with Crippen LogP contribution in [-0.4, -0.2) is 35.1 Å². The number of halogens is 1. The quantitative estimate of drug-likeness (QED) is 0.809. The summed E-state index contributed by atoms with van der Waals surface area (Å²) in [5.74, 6) is 0.190. The number of hydrogen-bond acceptors (Lipinski definition) is 3. The molecular weight excluding hydrogens is 219 g/mol. The lowest BCUT2D eigenvalue weighted by Crippen LogP contribution is -2.41. The maximum Gasteiger partial charge on any atom is 0.145 e. The molecule has 0 aliphatic carbocycles. The van der Waals surface area contributed by atoms with Gasteiger partial charge in [0.1, 0.15) is 17.7 Å². The highest BCUT2D eigenvalue weighted by atomic mass is 19.1. The molecule has 0 aromatic carbocycles. The van der Waals surface area contributed by atoms with Crippen molar-refractivity contribution in [3.05, 3.63) is 24.3 Å². The van der Waals surface area contributed by atoms with Crippen molar-refractivity contribution in [2.75, 3.05) is 13.1 Å². The fourth-order valence-corrected chi connectivity index (χ4v) is 2.16. The monoisotopic (exact) mass is 238 g/mol. The summed E-state index contributed by atoms with van der Waals surface area (Å²) in [5, 5.41) is 0. The van der Waals surface area contributed by atoms with Crippen LogP contribution in [0.4, 0.5) is 4.39 Å². The lowest BCUT2D eigenvalue weighted by Gasteiger charge is -2.34. The van der Waals surface area contributed by atoms with Crippen molar-refractivity contribution < 1.29 is 9.13 Å². The number of nitrogens with zero attached hydrogens (tertiary/aromatic N) is 2. The van der Waals surface area contributed by atoms with Crippen molar-refractivity contribution in [1.82, 2.24) is 9.88 Å². The van der Waals surface area contributed by atoms with E-state index < -0.39 is 0 Å². The van der Waals surface area contributed by atoms with Crippen LogP contribution < -0.4 is 4.74 Å². The number of rotatable bonds is 3. The molecule has 0 radical (unpaired) electrons. The van der Waals surface area contributed by atoms with E-state index in [1.807, 2.05) is 0 Å². The van der Waals surface area contributed by atoms with Gasteiger partial charge in [-0.25, -0.2) is 4.39 Å². The first-order valence-corrected chi connectivity index (χ1v) is 6.16. The van der Waals surface area contributed by atoms with Crippen LogP contribution >= 0.6 is 0 Å². The SMILES string of the molecule is CC(C)N1CCC(Oc2cncc(F)c2)CC1. The fourth-order valence-electron chi connectivity index (χ4n) is 2.16. The summed E-state index contributed by atoms with van der Waals surface area (Å²) in [6, 6.07) is 1.98. The molecule has 0 N–H and O–H groups in total. The summed E-state index contributed by atoms with van der Waals surface area (Å²) >= 11 is 0. The van der Waals surface area contributed by atoms with Crippen molar-refractivity contribution in [3.63, 3.8) is 0 Å². The van der Waals surface area contributed by atoms with E-state index in [9.17, 15) is 4.39 Å². The normalized spacial score (nSPS) is 18.6. The maximum atomic E-state index is 12.9. The van der Waals surface area contributed by atoms with Crippen LogP contribution in [0.3, 0.4) is 0 Å². The summed E-state index contributed by atoms with van der Waals surface area (Å²) < 4.78 is 18.7. The first-order valence-electron chi connectivity index (χ1n) is 6.16. The first kappa shape index (κ1) is 12.3. The van der Waals surface area contributed by atoms with E-state index in [0.29, 0.717) is 11.8 Å². The number of likely N-dealkylation sites (tertiary alicyclic amines) is 1. The Bertz CT molecular complexity index is 362. The molecule has 0 bridgehead atoms. The van der Waals surface area contributed by atoms with Gasteiger partial charge in [0.2, 0.25) is 0 Å². The van der Waals surface area contributed by atoms with Crippen LogP contribution in [0.25, 0.3) is 0 Å². The second-order valence-electron chi connectivity index (χ2n) is 4.79. The average Bonchev–Trinajstić information content (AvgIpc) is 2.29. The smallest absolute Gasteiger partial charge is 0.145 e. The van der Waals surface area contributed by atoms with Gasteiger partial charge in [0, 0.05) is 25.2 Å². The molecule has 0 unspecified atom stereocenters. The molecule has 1 aliphatic rings. The molecule has 4 heteroatoms. The van der Waals surface area contributed by atoms with Crippen molar-refractivity contribution in [1.29, 1.82) is 0 Å². The van der Waals surface area contributed by atoms with Gasteiger partial charge in [-0.1, -0.05) is 0 Å². The Morgan fingerprint density at radius 2 is 2.06 bits per heavy atom. The standard InChI is InChI=1S/C13H19FN2O/c1-10(2)16-5-3-12(4-6-16)17-13-7-11(14)8-15-9-13/h7-10,12H,3-6H2,1-2H3. The van der Waals surface area contributed by atoms with Crippen molar-refractivity contribution in [2.45, 2.75) is 38.8 Å². The molecule has 1 fully saturated rings. The van der Waals surface area contributed by atoms with Gasteiger partial charge in [-0.15, -0.1) is 0 Å². The summed E-state index contributed by atoms with van der Waals surface area (Å²) in [5.41, 5.74) is 0. The van der Waals surface area contributed by atoms with E-state index >= 15 is 0 Å². The predicted octanol–water partition coefficient (Wildman–Crippen LogP) is 2.47. The Kier molecular flexibility index (Phi) is 3.94. The van der Waals surface area contributed by atoms with Gasteiger partial charge in [-0.2, -0.15) is 0 Å². The van der Waals surface area contributed by atoms with Gasteiger partial charge in [0.15, 0.2) is 0 Å². The molecule has 0 amide bonds. The molecule has 0 atom stereocenters. The molecule has 1 aromatic rings. The summed E-state index contributed by atoms with van der Waals surface area (Å²) in [7, 11) is 0. The van der Waals surface area contributed by atoms with Crippen LogP contribution in [0.1, 0.15) is 26.7 Å². The van der Waals surface area contributed by atoms with E-state index in [0.717, 1.165) is 25.9 Å². The van der Waals surface area contributed by atoms with E-state index in [1.165, 1.54) is 12.3 Å². The minimum Gasteiger partial charge on any atom is -0.489 e. The number of hydrogen-bond donors (Lipinski definition) is 0. The van der Waals surface area contributed by atoms with Crippen LogP contribution in [0.5, 0.6) is 5.75 Å². The van der Waals surface area contributed by atoms with Gasteiger partial charge in [-0.05, 0) is 26.7 Å². The Balaban J connectivity index is 1.86. The minimum atomic E-state index is -0.345. The van der Waals surface area contributed by atoms with E-state index in [4.69, 9.17) is 4.74 Å². The Morgan fingerprint density at radius 1 is 1.35 bits per heavy atom. The summed E-state index contributed by atoms with van der Waals surface area (Å²) in [4.78, 5) is 6.22. The second kappa shape index (κ2) is 5.45. The molecule has 2 rings (SSSR count). The minimum absolute atomic E-state index is 0.189. The third-order valence-electron chi connectivity index (χ3n) is 3.19. The molecule has 1 aromatic heterocycles. The first-order chi connectivity index (χ1) is 8.15. The zero-order valence-corrected chi connectivity index (χ0v) is 10.4. The lowest BCUT2D eigenvalue weighted by atomic mass is 10.1. The Morgan fingerprint density at radius 3 is 2.65 bits per heavy atom. The number of pyridine rings is 1. The van der Waals surface area contributed by atoms with Crippen LogP contribution in [0.2, 0.25) is 0 Å². The predicted molar refractivity (Wildman–Crippen MR) is 64.6 cm³/mol. The Labute approximate surface area is 102 Å². The zero-order chi connectivity index (χ0) is 12.3. The lowest BCUT2D eigenvalue weighted by molar-refractivity contribution is 0.0838. The van der Waals surface area contributed by atoms with Crippen LogP contribution in [0, 0.1) is 5.82 Å². The van der Waals surface area contributed by atoms with Gasteiger partial charge in [0.05, 0.1) is 12.4 Å². The highest BCUT2D eigenvalue weighted by Crippen LogP contribution is 2.19.